The van der Waals surface area contributed by atoms with Crippen LogP contribution < -0.4 is 5.32 Å². The second-order valence-corrected chi connectivity index (χ2v) is 3.19. The fourth-order valence-electron chi connectivity index (χ4n) is 1.60. The van der Waals surface area contributed by atoms with Crippen LogP contribution >= 0.6 is 0 Å². The van der Waals surface area contributed by atoms with Gasteiger partial charge in [0.2, 0.25) is 0 Å². The molecular formula is C7H16N2. The van der Waals surface area contributed by atoms with E-state index in [4.69, 9.17) is 0 Å². The molecule has 2 atom stereocenters. The maximum atomic E-state index is 3.47. The molecule has 0 bridgehead atoms. The van der Waals surface area contributed by atoms with Crippen LogP contribution in [-0.4, -0.2) is 37.1 Å². The van der Waals surface area contributed by atoms with Crippen molar-refractivity contribution < 1.29 is 0 Å². The SMILES string of the molecule is C[C@@H]1CN(C)C[C@@H](C)N1. The maximum Gasteiger partial charge on any atom is 0.0169 e. The van der Waals surface area contributed by atoms with Gasteiger partial charge >= 0.3 is 0 Å². The third-order valence-corrected chi connectivity index (χ3v) is 1.74. The van der Waals surface area contributed by atoms with Crippen molar-refractivity contribution in [2.45, 2.75) is 25.9 Å². The Morgan fingerprint density at radius 2 is 1.67 bits per heavy atom. The van der Waals surface area contributed by atoms with Gasteiger partial charge in [-0.05, 0) is 20.9 Å². The standard InChI is InChI=1S/C7H16N2/c1-6-4-9(3)5-7(2)8-6/h6-8H,4-5H2,1-3H3/t6-,7-/m1/s1. The van der Waals surface area contributed by atoms with E-state index in [9.17, 15) is 0 Å². The van der Waals surface area contributed by atoms with Gasteiger partial charge in [-0.15, -0.1) is 0 Å². The molecule has 1 N–H and O–H groups in total. The van der Waals surface area contributed by atoms with Crippen LogP contribution in [0.15, 0.2) is 0 Å². The summed E-state index contributed by atoms with van der Waals surface area (Å²) in [5, 5.41) is 3.47. The molecule has 1 saturated heterocycles. The summed E-state index contributed by atoms with van der Waals surface area (Å²) in [7, 11) is 2.17. The maximum absolute atomic E-state index is 3.47. The van der Waals surface area contributed by atoms with Crippen LogP contribution in [0.1, 0.15) is 13.8 Å². The summed E-state index contributed by atoms with van der Waals surface area (Å²) < 4.78 is 0. The fraction of sp³-hybridized carbons (Fsp3) is 1.00. The monoisotopic (exact) mass is 128 g/mol. The highest BCUT2D eigenvalue weighted by atomic mass is 15.2. The quantitative estimate of drug-likeness (QED) is 0.504. The van der Waals surface area contributed by atoms with E-state index in [1.165, 1.54) is 13.1 Å². The first kappa shape index (κ1) is 7.03. The molecule has 1 heterocycles. The number of nitrogens with zero attached hydrogens (tertiary/aromatic N) is 1. The molecule has 0 spiro atoms. The first-order chi connectivity index (χ1) is 4.18. The molecule has 0 radical (unpaired) electrons. The zero-order chi connectivity index (χ0) is 6.85. The Bertz CT molecular complexity index is 67.9. The summed E-state index contributed by atoms with van der Waals surface area (Å²) in [5.74, 6) is 0. The van der Waals surface area contributed by atoms with Crippen LogP contribution in [0.5, 0.6) is 0 Å². The Morgan fingerprint density at radius 1 is 1.22 bits per heavy atom. The number of piperazine rings is 1. The minimum Gasteiger partial charge on any atom is -0.309 e. The average molecular weight is 128 g/mol. The molecule has 1 aliphatic rings. The Morgan fingerprint density at radius 3 is 2.00 bits per heavy atom. The lowest BCUT2D eigenvalue weighted by atomic mass is 10.2. The minimum absolute atomic E-state index is 0.666. The van der Waals surface area contributed by atoms with Gasteiger partial charge in [0.15, 0.2) is 0 Å². The van der Waals surface area contributed by atoms with Gasteiger partial charge in [-0.25, -0.2) is 0 Å². The molecule has 0 saturated carbocycles. The van der Waals surface area contributed by atoms with E-state index in [1.54, 1.807) is 0 Å². The van der Waals surface area contributed by atoms with Gasteiger partial charge in [0.1, 0.15) is 0 Å². The smallest absolute Gasteiger partial charge is 0.0169 e. The van der Waals surface area contributed by atoms with Crippen molar-refractivity contribution in [2.75, 3.05) is 20.1 Å². The van der Waals surface area contributed by atoms with Gasteiger partial charge in [-0.3, -0.25) is 0 Å². The van der Waals surface area contributed by atoms with Crippen LogP contribution in [0.25, 0.3) is 0 Å². The molecule has 0 amide bonds. The number of hydrogen-bond donors (Lipinski definition) is 1. The van der Waals surface area contributed by atoms with Gasteiger partial charge in [0, 0.05) is 25.2 Å². The van der Waals surface area contributed by atoms with Gasteiger partial charge in [-0.2, -0.15) is 0 Å². The molecule has 9 heavy (non-hydrogen) atoms. The molecule has 0 aromatic carbocycles. The summed E-state index contributed by atoms with van der Waals surface area (Å²) in [6, 6.07) is 1.33. The Labute approximate surface area is 57.2 Å². The molecule has 1 fully saturated rings. The molecule has 0 aliphatic carbocycles. The van der Waals surface area contributed by atoms with Gasteiger partial charge < -0.3 is 10.2 Å². The summed E-state index contributed by atoms with van der Waals surface area (Å²) in [5.41, 5.74) is 0. The van der Waals surface area contributed by atoms with Crippen molar-refractivity contribution in [1.82, 2.24) is 10.2 Å². The topological polar surface area (TPSA) is 15.3 Å². The third-order valence-electron chi connectivity index (χ3n) is 1.74. The van der Waals surface area contributed by atoms with Crippen molar-refractivity contribution in [2.24, 2.45) is 0 Å². The third kappa shape index (κ3) is 1.95. The number of rotatable bonds is 0. The second kappa shape index (κ2) is 2.67. The fourth-order valence-corrected chi connectivity index (χ4v) is 1.60. The minimum atomic E-state index is 0.666. The number of likely N-dealkylation sites (N-methyl/N-ethyl adjacent to an activating group) is 1. The highest BCUT2D eigenvalue weighted by Gasteiger charge is 2.16. The Balaban J connectivity index is 2.34. The number of hydrogen-bond acceptors (Lipinski definition) is 2. The summed E-state index contributed by atoms with van der Waals surface area (Å²) in [4.78, 5) is 2.37. The van der Waals surface area contributed by atoms with Crippen molar-refractivity contribution in [3.8, 4) is 0 Å². The van der Waals surface area contributed by atoms with Crippen LogP contribution in [0.2, 0.25) is 0 Å². The molecule has 2 nitrogen and oxygen atoms in total. The van der Waals surface area contributed by atoms with Crippen molar-refractivity contribution in [3.05, 3.63) is 0 Å². The lowest BCUT2D eigenvalue weighted by molar-refractivity contribution is 0.208. The normalized spacial score (nSPS) is 39.0. The van der Waals surface area contributed by atoms with E-state index in [1.807, 2.05) is 0 Å². The van der Waals surface area contributed by atoms with E-state index in [0.29, 0.717) is 12.1 Å². The molecule has 1 aliphatic heterocycles. The predicted molar refractivity (Wildman–Crippen MR) is 39.6 cm³/mol. The highest BCUT2D eigenvalue weighted by Crippen LogP contribution is 1.99. The van der Waals surface area contributed by atoms with E-state index in [2.05, 4.69) is 31.1 Å². The van der Waals surface area contributed by atoms with Crippen molar-refractivity contribution in [1.29, 1.82) is 0 Å². The summed E-state index contributed by atoms with van der Waals surface area (Å²) in [6.07, 6.45) is 0. The van der Waals surface area contributed by atoms with Gasteiger partial charge in [0.05, 0.1) is 0 Å². The molecule has 0 aromatic rings. The highest BCUT2D eigenvalue weighted by molar-refractivity contribution is 4.78. The largest absolute Gasteiger partial charge is 0.309 e. The first-order valence-electron chi connectivity index (χ1n) is 3.63. The Kier molecular flexibility index (Phi) is 2.09. The molecule has 54 valence electrons. The Hall–Kier alpha value is -0.0800. The summed E-state index contributed by atoms with van der Waals surface area (Å²) in [6.45, 7) is 6.83. The van der Waals surface area contributed by atoms with Crippen LogP contribution in [0.3, 0.4) is 0 Å². The van der Waals surface area contributed by atoms with Crippen molar-refractivity contribution in [3.63, 3.8) is 0 Å². The molecule has 0 aromatic heterocycles. The van der Waals surface area contributed by atoms with Crippen LogP contribution in [0, 0.1) is 0 Å². The number of nitrogens with one attached hydrogen (secondary N) is 1. The lowest BCUT2D eigenvalue weighted by Crippen LogP contribution is -2.52. The van der Waals surface area contributed by atoms with Crippen LogP contribution in [0.4, 0.5) is 0 Å². The second-order valence-electron chi connectivity index (χ2n) is 3.19. The zero-order valence-corrected chi connectivity index (χ0v) is 6.52. The lowest BCUT2D eigenvalue weighted by Gasteiger charge is -2.33. The first-order valence-corrected chi connectivity index (χ1v) is 3.63. The van der Waals surface area contributed by atoms with Gasteiger partial charge in [-0.1, -0.05) is 0 Å². The van der Waals surface area contributed by atoms with Crippen molar-refractivity contribution >= 4 is 0 Å². The molecule has 1 rings (SSSR count). The molecule has 0 unspecified atom stereocenters. The molecular weight excluding hydrogens is 112 g/mol. The van der Waals surface area contributed by atoms with E-state index in [0.717, 1.165) is 0 Å². The predicted octanol–water partition coefficient (Wildman–Crippen LogP) is 0.298. The van der Waals surface area contributed by atoms with E-state index in [-0.39, 0.29) is 0 Å². The zero-order valence-electron chi connectivity index (χ0n) is 6.52. The van der Waals surface area contributed by atoms with Gasteiger partial charge in [0.25, 0.3) is 0 Å². The average Bonchev–Trinajstić information content (AvgIpc) is 1.59. The van der Waals surface area contributed by atoms with E-state index < -0.39 is 0 Å². The molecule has 2 heteroatoms. The summed E-state index contributed by atoms with van der Waals surface area (Å²) >= 11 is 0. The van der Waals surface area contributed by atoms with Crippen LogP contribution in [-0.2, 0) is 0 Å². The van der Waals surface area contributed by atoms with E-state index >= 15 is 0 Å².